The molecule has 0 aliphatic carbocycles. The Morgan fingerprint density at radius 2 is 2.25 bits per heavy atom. The number of anilines is 1. The second-order valence-electron chi connectivity index (χ2n) is 5.94. The van der Waals surface area contributed by atoms with E-state index in [9.17, 15) is 0 Å². The number of aryl methyl sites for hydroxylation is 1. The highest BCUT2D eigenvalue weighted by Crippen LogP contribution is 2.20. The van der Waals surface area contributed by atoms with Gasteiger partial charge in [0.1, 0.15) is 5.82 Å². The van der Waals surface area contributed by atoms with Crippen molar-refractivity contribution in [2.24, 2.45) is 5.73 Å². The minimum atomic E-state index is 0.587. The zero-order valence-corrected chi connectivity index (χ0v) is 13.1. The summed E-state index contributed by atoms with van der Waals surface area (Å²) in [5, 5.41) is 0. The van der Waals surface area contributed by atoms with E-state index in [0.717, 1.165) is 30.9 Å². The fourth-order valence-electron chi connectivity index (χ4n) is 2.95. The summed E-state index contributed by atoms with van der Waals surface area (Å²) in [7, 11) is 4.36. The third-order valence-electron chi connectivity index (χ3n) is 4.21. The molecule has 0 spiro atoms. The molecule has 0 aromatic carbocycles. The maximum Gasteiger partial charge on any atom is 0.128 e. The van der Waals surface area contributed by atoms with E-state index in [4.69, 9.17) is 10.7 Å². The predicted octanol–water partition coefficient (Wildman–Crippen LogP) is 2.02. The molecule has 0 bridgehead atoms. The van der Waals surface area contributed by atoms with Crippen molar-refractivity contribution in [3.05, 3.63) is 23.4 Å². The van der Waals surface area contributed by atoms with Crippen LogP contribution >= 0.6 is 0 Å². The van der Waals surface area contributed by atoms with Crippen molar-refractivity contribution in [3.63, 3.8) is 0 Å². The molecule has 1 fully saturated rings. The highest BCUT2D eigenvalue weighted by Gasteiger charge is 2.22. The lowest BCUT2D eigenvalue weighted by atomic mass is 10.1. The third-order valence-corrected chi connectivity index (χ3v) is 4.21. The first-order valence-corrected chi connectivity index (χ1v) is 7.75. The number of likely N-dealkylation sites (N-methyl/N-ethyl adjacent to an activating group) is 2. The maximum atomic E-state index is 5.82. The van der Waals surface area contributed by atoms with Crippen LogP contribution in [0.1, 0.15) is 37.4 Å². The molecule has 20 heavy (non-hydrogen) atoms. The normalized spacial score (nSPS) is 19.5. The largest absolute Gasteiger partial charge is 0.358 e. The van der Waals surface area contributed by atoms with Gasteiger partial charge in [0.2, 0.25) is 0 Å². The summed E-state index contributed by atoms with van der Waals surface area (Å²) in [6, 6.07) is 4.93. The molecule has 1 aromatic heterocycles. The van der Waals surface area contributed by atoms with E-state index in [1.165, 1.54) is 24.9 Å². The van der Waals surface area contributed by atoms with E-state index in [1.807, 2.05) is 0 Å². The van der Waals surface area contributed by atoms with E-state index in [1.54, 1.807) is 0 Å². The molecule has 1 aliphatic heterocycles. The van der Waals surface area contributed by atoms with Crippen LogP contribution in [-0.2, 0) is 13.0 Å². The summed E-state index contributed by atoms with van der Waals surface area (Å²) in [5.41, 5.74) is 8.16. The van der Waals surface area contributed by atoms with Gasteiger partial charge in [-0.1, -0.05) is 13.3 Å². The Bertz CT molecular complexity index is 432. The molecule has 1 unspecified atom stereocenters. The number of nitrogens with two attached hydrogens (primary N) is 1. The Labute approximate surface area is 123 Å². The van der Waals surface area contributed by atoms with Crippen LogP contribution in [0.25, 0.3) is 0 Å². The number of hydrogen-bond donors (Lipinski definition) is 1. The maximum absolute atomic E-state index is 5.82. The standard InChI is InChI=1S/C16H28N4/c1-4-6-14-9-13(11-17)10-16(18-14)20(3)12-15-7-5-8-19(15)2/h9-10,15H,4-8,11-12,17H2,1-3H3. The molecule has 2 N–H and O–H groups in total. The van der Waals surface area contributed by atoms with Gasteiger partial charge in [-0.05, 0) is 50.6 Å². The molecule has 0 amide bonds. The molecular weight excluding hydrogens is 248 g/mol. The predicted molar refractivity (Wildman–Crippen MR) is 85.0 cm³/mol. The van der Waals surface area contributed by atoms with E-state index >= 15 is 0 Å². The number of aromatic nitrogens is 1. The van der Waals surface area contributed by atoms with Crippen LogP contribution in [0.5, 0.6) is 0 Å². The highest BCUT2D eigenvalue weighted by atomic mass is 15.2. The van der Waals surface area contributed by atoms with Crippen molar-refractivity contribution in [2.75, 3.05) is 32.1 Å². The molecule has 4 heteroatoms. The fraction of sp³-hybridized carbons (Fsp3) is 0.688. The van der Waals surface area contributed by atoms with Crippen molar-refractivity contribution >= 4 is 5.82 Å². The number of hydrogen-bond acceptors (Lipinski definition) is 4. The van der Waals surface area contributed by atoms with Gasteiger partial charge in [0.15, 0.2) is 0 Å². The monoisotopic (exact) mass is 276 g/mol. The first kappa shape index (κ1) is 15.3. The van der Waals surface area contributed by atoms with Crippen LogP contribution in [-0.4, -0.2) is 43.1 Å². The van der Waals surface area contributed by atoms with Crippen molar-refractivity contribution in [2.45, 2.75) is 45.2 Å². The van der Waals surface area contributed by atoms with Gasteiger partial charge in [0, 0.05) is 31.9 Å². The van der Waals surface area contributed by atoms with E-state index in [0.29, 0.717) is 12.6 Å². The molecule has 1 saturated heterocycles. The smallest absolute Gasteiger partial charge is 0.128 e. The van der Waals surface area contributed by atoms with Crippen LogP contribution in [0.15, 0.2) is 12.1 Å². The Hall–Kier alpha value is -1.13. The van der Waals surface area contributed by atoms with Crippen molar-refractivity contribution < 1.29 is 0 Å². The Kier molecular flexibility index (Phi) is 5.38. The SMILES string of the molecule is CCCc1cc(CN)cc(N(C)CC2CCCN2C)n1. The Morgan fingerprint density at radius 3 is 2.85 bits per heavy atom. The van der Waals surface area contributed by atoms with Crippen molar-refractivity contribution in [1.82, 2.24) is 9.88 Å². The van der Waals surface area contributed by atoms with E-state index in [2.05, 4.69) is 43.0 Å². The summed E-state index contributed by atoms with van der Waals surface area (Å²) in [6.07, 6.45) is 4.75. The van der Waals surface area contributed by atoms with Gasteiger partial charge in [-0.3, -0.25) is 0 Å². The lowest BCUT2D eigenvalue weighted by molar-refractivity contribution is 0.314. The van der Waals surface area contributed by atoms with Crippen molar-refractivity contribution in [3.8, 4) is 0 Å². The molecule has 1 aromatic rings. The van der Waals surface area contributed by atoms with Gasteiger partial charge in [0.25, 0.3) is 0 Å². The molecule has 4 nitrogen and oxygen atoms in total. The molecule has 0 saturated carbocycles. The van der Waals surface area contributed by atoms with Crippen LogP contribution in [0.3, 0.4) is 0 Å². The Morgan fingerprint density at radius 1 is 1.45 bits per heavy atom. The third kappa shape index (κ3) is 3.70. The summed E-state index contributed by atoms with van der Waals surface area (Å²) < 4.78 is 0. The molecule has 2 rings (SSSR count). The van der Waals surface area contributed by atoms with E-state index < -0.39 is 0 Å². The molecule has 1 aliphatic rings. The van der Waals surface area contributed by atoms with Gasteiger partial charge < -0.3 is 15.5 Å². The van der Waals surface area contributed by atoms with Gasteiger partial charge in [-0.2, -0.15) is 0 Å². The van der Waals surface area contributed by atoms with Crippen molar-refractivity contribution in [1.29, 1.82) is 0 Å². The quantitative estimate of drug-likeness (QED) is 0.863. The van der Waals surface area contributed by atoms with Gasteiger partial charge in [0.05, 0.1) is 0 Å². The molecule has 112 valence electrons. The summed E-state index contributed by atoms with van der Waals surface area (Å²) in [5.74, 6) is 1.07. The van der Waals surface area contributed by atoms with Gasteiger partial charge >= 0.3 is 0 Å². The number of nitrogens with zero attached hydrogens (tertiary/aromatic N) is 3. The minimum absolute atomic E-state index is 0.587. The first-order chi connectivity index (χ1) is 9.63. The second kappa shape index (κ2) is 7.04. The topological polar surface area (TPSA) is 45.4 Å². The molecular formula is C16H28N4. The highest BCUT2D eigenvalue weighted by molar-refractivity contribution is 5.42. The van der Waals surface area contributed by atoms with Crippen LogP contribution in [0.4, 0.5) is 5.82 Å². The minimum Gasteiger partial charge on any atom is -0.358 e. The summed E-state index contributed by atoms with van der Waals surface area (Å²) in [6.45, 7) is 5.04. The lowest BCUT2D eigenvalue weighted by Crippen LogP contribution is -2.37. The fourth-order valence-corrected chi connectivity index (χ4v) is 2.95. The van der Waals surface area contributed by atoms with Crippen LogP contribution in [0.2, 0.25) is 0 Å². The van der Waals surface area contributed by atoms with Gasteiger partial charge in [-0.15, -0.1) is 0 Å². The average Bonchev–Trinajstić information content (AvgIpc) is 2.84. The number of pyridine rings is 1. The lowest BCUT2D eigenvalue weighted by Gasteiger charge is -2.27. The summed E-state index contributed by atoms with van der Waals surface area (Å²) >= 11 is 0. The zero-order chi connectivity index (χ0) is 14.5. The summed E-state index contributed by atoms with van der Waals surface area (Å²) in [4.78, 5) is 9.53. The average molecular weight is 276 g/mol. The van der Waals surface area contributed by atoms with Gasteiger partial charge in [-0.25, -0.2) is 4.98 Å². The number of likely N-dealkylation sites (tertiary alicyclic amines) is 1. The zero-order valence-electron chi connectivity index (χ0n) is 13.1. The second-order valence-corrected chi connectivity index (χ2v) is 5.94. The number of rotatable bonds is 6. The molecule has 2 heterocycles. The first-order valence-electron chi connectivity index (χ1n) is 7.75. The van der Waals surface area contributed by atoms with Crippen LogP contribution in [0, 0.1) is 0 Å². The molecule has 0 radical (unpaired) electrons. The van der Waals surface area contributed by atoms with E-state index in [-0.39, 0.29) is 0 Å². The molecule has 1 atom stereocenters. The Balaban J connectivity index is 2.11. The van der Waals surface area contributed by atoms with Crippen LogP contribution < -0.4 is 10.6 Å².